The fourth-order valence-corrected chi connectivity index (χ4v) is 4.26. The highest BCUT2D eigenvalue weighted by molar-refractivity contribution is 6.34. The number of anilines is 1. The van der Waals surface area contributed by atoms with Gasteiger partial charge < -0.3 is 5.73 Å². The predicted molar refractivity (Wildman–Crippen MR) is 126 cm³/mol. The Labute approximate surface area is 193 Å². The molecule has 166 valence electrons. The minimum absolute atomic E-state index is 0.0236. The molecule has 5 nitrogen and oxygen atoms in total. The molecule has 0 aliphatic heterocycles. The molecule has 0 amide bonds. The zero-order chi connectivity index (χ0) is 24.0. The highest BCUT2D eigenvalue weighted by Crippen LogP contribution is 2.38. The van der Waals surface area contributed by atoms with Crippen LogP contribution < -0.4 is 11.3 Å². The largest absolute Gasteiger partial charge is 0.398 e. The first-order valence-electron chi connectivity index (χ1n) is 10.1. The molecular weight excluding hydrogens is 446 g/mol. The minimum atomic E-state index is -0.878. The van der Waals surface area contributed by atoms with E-state index in [1.165, 1.54) is 22.8 Å². The molecule has 0 bridgehead atoms. The molecule has 2 aromatic carbocycles. The van der Waals surface area contributed by atoms with Gasteiger partial charge in [-0.1, -0.05) is 25.4 Å². The molecule has 2 heterocycles. The van der Waals surface area contributed by atoms with Crippen LogP contribution in [0, 0.1) is 29.9 Å². The van der Waals surface area contributed by atoms with Crippen molar-refractivity contribution in [2.45, 2.75) is 26.7 Å². The van der Waals surface area contributed by atoms with Crippen LogP contribution >= 0.6 is 11.6 Å². The average molecular weight is 465 g/mol. The van der Waals surface area contributed by atoms with Gasteiger partial charge in [-0.05, 0) is 48.7 Å². The summed E-state index contributed by atoms with van der Waals surface area (Å²) in [5.41, 5.74) is 7.68. The van der Waals surface area contributed by atoms with E-state index in [9.17, 15) is 18.8 Å². The molecule has 0 aliphatic carbocycles. The van der Waals surface area contributed by atoms with Crippen molar-refractivity contribution in [3.05, 3.63) is 86.4 Å². The van der Waals surface area contributed by atoms with Crippen LogP contribution in [0.4, 0.5) is 14.5 Å². The van der Waals surface area contributed by atoms with Crippen molar-refractivity contribution in [2.24, 2.45) is 0 Å². The van der Waals surface area contributed by atoms with Gasteiger partial charge in [-0.3, -0.25) is 14.3 Å². The molecule has 4 rings (SSSR count). The van der Waals surface area contributed by atoms with Crippen molar-refractivity contribution in [2.75, 3.05) is 5.73 Å². The van der Waals surface area contributed by atoms with Crippen LogP contribution in [0.15, 0.2) is 47.4 Å². The number of aryl methyl sites for hydroxylation is 1. The van der Waals surface area contributed by atoms with Crippen LogP contribution in [0.1, 0.15) is 36.6 Å². The quantitative estimate of drug-likeness (QED) is 0.384. The van der Waals surface area contributed by atoms with Crippen LogP contribution in [0.2, 0.25) is 5.02 Å². The standard InChI is InChI=1S/C25H19ClF2N4O/c1-12(2)23-24(13(3)4-5-31-23)32-21-10-17(22-19(28)8-16(27)9-20(22)30)18(26)7-14(21)6-15(11-29)25(32)33/h4-10,12H,30H2,1-3H3. The summed E-state index contributed by atoms with van der Waals surface area (Å²) in [4.78, 5) is 17.8. The minimum Gasteiger partial charge on any atom is -0.398 e. The van der Waals surface area contributed by atoms with Crippen LogP contribution in [0.3, 0.4) is 0 Å². The van der Waals surface area contributed by atoms with Gasteiger partial charge in [0.2, 0.25) is 0 Å². The molecule has 0 aliphatic rings. The summed E-state index contributed by atoms with van der Waals surface area (Å²) in [6.07, 6.45) is 1.66. The summed E-state index contributed by atoms with van der Waals surface area (Å²) in [7, 11) is 0. The summed E-state index contributed by atoms with van der Waals surface area (Å²) < 4.78 is 29.8. The highest BCUT2D eigenvalue weighted by atomic mass is 35.5. The number of hydrogen-bond acceptors (Lipinski definition) is 4. The summed E-state index contributed by atoms with van der Waals surface area (Å²) >= 11 is 6.47. The molecule has 4 aromatic rings. The Bertz CT molecular complexity index is 1510. The van der Waals surface area contributed by atoms with E-state index in [-0.39, 0.29) is 33.3 Å². The fourth-order valence-electron chi connectivity index (χ4n) is 3.99. The number of halogens is 3. The van der Waals surface area contributed by atoms with E-state index >= 15 is 0 Å². The maximum absolute atomic E-state index is 14.7. The third-order valence-electron chi connectivity index (χ3n) is 5.49. The van der Waals surface area contributed by atoms with Gasteiger partial charge >= 0.3 is 0 Å². The van der Waals surface area contributed by atoms with E-state index in [0.717, 1.165) is 17.7 Å². The van der Waals surface area contributed by atoms with Crippen LogP contribution in [-0.2, 0) is 0 Å². The lowest BCUT2D eigenvalue weighted by Gasteiger charge is -2.20. The third-order valence-corrected chi connectivity index (χ3v) is 5.80. The number of fused-ring (bicyclic) bond motifs is 1. The predicted octanol–water partition coefficient (Wildman–Crippen LogP) is 5.87. The first-order chi connectivity index (χ1) is 15.6. The number of rotatable bonds is 3. The molecule has 0 radical (unpaired) electrons. The lowest BCUT2D eigenvalue weighted by atomic mass is 9.99. The molecule has 0 atom stereocenters. The Balaban J connectivity index is 2.20. The van der Waals surface area contributed by atoms with E-state index in [2.05, 4.69) is 4.98 Å². The molecule has 0 spiro atoms. The third kappa shape index (κ3) is 3.73. The Morgan fingerprint density at radius 3 is 2.55 bits per heavy atom. The Morgan fingerprint density at radius 1 is 1.18 bits per heavy atom. The normalized spacial score (nSPS) is 11.2. The maximum atomic E-state index is 14.7. The number of nitriles is 1. The molecular formula is C25H19ClF2N4O. The van der Waals surface area contributed by atoms with Crippen molar-refractivity contribution in [3.63, 3.8) is 0 Å². The summed E-state index contributed by atoms with van der Waals surface area (Å²) in [6, 6.07) is 9.94. The van der Waals surface area contributed by atoms with E-state index in [1.807, 2.05) is 26.8 Å². The van der Waals surface area contributed by atoms with Gasteiger partial charge in [-0.25, -0.2) is 8.78 Å². The van der Waals surface area contributed by atoms with Crippen LogP contribution in [0.25, 0.3) is 27.7 Å². The van der Waals surface area contributed by atoms with Gasteiger partial charge in [0.05, 0.1) is 16.9 Å². The molecule has 8 heteroatoms. The number of pyridine rings is 2. The van der Waals surface area contributed by atoms with Crippen molar-refractivity contribution in [1.82, 2.24) is 9.55 Å². The Morgan fingerprint density at radius 2 is 1.91 bits per heavy atom. The zero-order valence-electron chi connectivity index (χ0n) is 18.1. The van der Waals surface area contributed by atoms with E-state index in [0.29, 0.717) is 22.3 Å². The van der Waals surface area contributed by atoms with Gasteiger partial charge in [0.25, 0.3) is 5.56 Å². The van der Waals surface area contributed by atoms with E-state index < -0.39 is 17.2 Å². The van der Waals surface area contributed by atoms with Crippen molar-refractivity contribution >= 4 is 28.2 Å². The molecule has 33 heavy (non-hydrogen) atoms. The molecule has 2 aromatic heterocycles. The number of hydrogen-bond donors (Lipinski definition) is 1. The van der Waals surface area contributed by atoms with Gasteiger partial charge in [-0.2, -0.15) is 5.26 Å². The van der Waals surface area contributed by atoms with Gasteiger partial charge in [-0.15, -0.1) is 0 Å². The van der Waals surface area contributed by atoms with E-state index in [1.54, 1.807) is 12.3 Å². The molecule has 2 N–H and O–H groups in total. The lowest BCUT2D eigenvalue weighted by Crippen LogP contribution is -2.24. The second kappa shape index (κ2) is 8.30. The zero-order valence-corrected chi connectivity index (χ0v) is 18.8. The Kier molecular flexibility index (Phi) is 5.64. The SMILES string of the molecule is Cc1ccnc(C(C)C)c1-n1c(=O)c(C#N)cc2cc(Cl)c(-c3c(N)cc(F)cc3F)cc21. The topological polar surface area (TPSA) is 84.7 Å². The lowest BCUT2D eigenvalue weighted by molar-refractivity contribution is 0.586. The second-order valence-electron chi connectivity index (χ2n) is 8.07. The molecule has 0 unspecified atom stereocenters. The van der Waals surface area contributed by atoms with Gasteiger partial charge in [0.15, 0.2) is 0 Å². The van der Waals surface area contributed by atoms with Crippen LogP contribution in [0.5, 0.6) is 0 Å². The van der Waals surface area contributed by atoms with Crippen molar-refractivity contribution in [3.8, 4) is 22.9 Å². The smallest absolute Gasteiger partial charge is 0.273 e. The Hall–Kier alpha value is -3.76. The second-order valence-corrected chi connectivity index (χ2v) is 8.48. The molecule has 0 saturated heterocycles. The number of nitrogen functional groups attached to an aromatic ring is 1. The van der Waals surface area contributed by atoms with E-state index in [4.69, 9.17) is 17.3 Å². The van der Waals surface area contributed by atoms with Crippen molar-refractivity contribution in [1.29, 1.82) is 5.26 Å². The summed E-state index contributed by atoms with van der Waals surface area (Å²) in [6.45, 7) is 5.74. The van der Waals surface area contributed by atoms with Gasteiger partial charge in [0.1, 0.15) is 23.3 Å². The number of aromatic nitrogens is 2. The van der Waals surface area contributed by atoms with Crippen molar-refractivity contribution < 1.29 is 8.78 Å². The monoisotopic (exact) mass is 464 g/mol. The van der Waals surface area contributed by atoms with Gasteiger partial charge in [0, 0.05) is 39.5 Å². The summed E-state index contributed by atoms with van der Waals surface area (Å²) in [5, 5.41) is 10.2. The number of benzene rings is 2. The number of nitrogens with two attached hydrogens (primary N) is 1. The number of nitrogens with zero attached hydrogens (tertiary/aromatic N) is 3. The first-order valence-corrected chi connectivity index (χ1v) is 10.5. The molecule has 0 saturated carbocycles. The highest BCUT2D eigenvalue weighted by Gasteiger charge is 2.21. The van der Waals surface area contributed by atoms with Crippen LogP contribution in [-0.4, -0.2) is 9.55 Å². The fraction of sp³-hybridized carbons (Fsp3) is 0.160. The summed E-state index contributed by atoms with van der Waals surface area (Å²) in [5.74, 6) is -1.71. The first kappa shape index (κ1) is 22.4. The average Bonchev–Trinajstić information content (AvgIpc) is 2.73. The molecule has 0 fully saturated rings. The maximum Gasteiger partial charge on any atom is 0.273 e.